The monoisotopic (exact) mass is 273 g/mol. The molecule has 0 N–H and O–H groups in total. The molecule has 0 saturated heterocycles. The maximum Gasteiger partial charge on any atom is 0.339 e. The lowest BCUT2D eigenvalue weighted by molar-refractivity contribution is 0.0297. The van der Waals surface area contributed by atoms with E-state index in [1.54, 1.807) is 10.7 Å². The molecule has 20 heavy (non-hydrogen) atoms. The molecule has 0 spiro atoms. The third-order valence-electron chi connectivity index (χ3n) is 3.90. The number of fused-ring (bicyclic) bond motifs is 1. The van der Waals surface area contributed by atoms with Gasteiger partial charge in [-0.05, 0) is 45.6 Å². The van der Waals surface area contributed by atoms with Crippen LogP contribution in [0.4, 0.5) is 0 Å². The van der Waals surface area contributed by atoms with Crippen LogP contribution in [0.2, 0.25) is 0 Å². The van der Waals surface area contributed by atoms with Crippen molar-refractivity contribution in [3.05, 3.63) is 23.0 Å². The fourth-order valence-corrected chi connectivity index (χ4v) is 2.63. The molecule has 2 aromatic rings. The van der Waals surface area contributed by atoms with Crippen molar-refractivity contribution < 1.29 is 9.53 Å². The molecular formula is C15H19N3O2. The van der Waals surface area contributed by atoms with Crippen LogP contribution in [-0.2, 0) is 11.8 Å². The van der Waals surface area contributed by atoms with Crippen LogP contribution in [0.25, 0.3) is 11.0 Å². The summed E-state index contributed by atoms with van der Waals surface area (Å²) in [5, 5.41) is 5.14. The van der Waals surface area contributed by atoms with Crippen LogP contribution in [0, 0.1) is 19.8 Å². The van der Waals surface area contributed by atoms with Crippen LogP contribution < -0.4 is 0 Å². The lowest BCUT2D eigenvalue weighted by Crippen LogP contribution is -2.17. The molecule has 106 valence electrons. The molecule has 1 aliphatic carbocycles. The van der Waals surface area contributed by atoms with Gasteiger partial charge in [0.2, 0.25) is 0 Å². The standard InChI is InChI=1S/C15H19N3O2/c1-8-7-12(15(19)20-10(3)11-5-6-11)13-9(2)17-18(4)14(13)16-8/h7,10-11H,5-6H2,1-4H3/t10-/m1/s1. The van der Waals surface area contributed by atoms with Crippen LogP contribution in [0.1, 0.15) is 41.5 Å². The molecule has 0 unspecified atom stereocenters. The van der Waals surface area contributed by atoms with Crippen molar-refractivity contribution in [1.82, 2.24) is 14.8 Å². The van der Waals surface area contributed by atoms with Gasteiger partial charge in [0.05, 0.1) is 16.6 Å². The van der Waals surface area contributed by atoms with E-state index in [0.717, 1.165) is 35.3 Å². The summed E-state index contributed by atoms with van der Waals surface area (Å²) in [6.07, 6.45) is 2.30. The van der Waals surface area contributed by atoms with Gasteiger partial charge in [0.25, 0.3) is 0 Å². The molecule has 0 amide bonds. The number of rotatable bonds is 3. The third-order valence-corrected chi connectivity index (χ3v) is 3.90. The molecule has 0 radical (unpaired) electrons. The summed E-state index contributed by atoms with van der Waals surface area (Å²) in [4.78, 5) is 16.9. The van der Waals surface area contributed by atoms with E-state index in [9.17, 15) is 4.79 Å². The highest BCUT2D eigenvalue weighted by Gasteiger charge is 2.31. The fraction of sp³-hybridized carbons (Fsp3) is 0.533. The Kier molecular flexibility index (Phi) is 3.00. The first-order valence-electron chi connectivity index (χ1n) is 6.99. The van der Waals surface area contributed by atoms with E-state index in [2.05, 4.69) is 10.1 Å². The number of nitrogens with zero attached hydrogens (tertiary/aromatic N) is 3. The van der Waals surface area contributed by atoms with E-state index in [-0.39, 0.29) is 12.1 Å². The number of pyridine rings is 1. The van der Waals surface area contributed by atoms with Gasteiger partial charge in [0, 0.05) is 12.7 Å². The Labute approximate surface area is 117 Å². The van der Waals surface area contributed by atoms with Crippen molar-refractivity contribution in [1.29, 1.82) is 0 Å². The summed E-state index contributed by atoms with van der Waals surface area (Å²) in [6.45, 7) is 5.74. The summed E-state index contributed by atoms with van der Waals surface area (Å²) in [7, 11) is 1.84. The minimum atomic E-state index is -0.268. The van der Waals surface area contributed by atoms with E-state index < -0.39 is 0 Å². The van der Waals surface area contributed by atoms with E-state index in [1.807, 2.05) is 27.8 Å². The maximum absolute atomic E-state index is 12.4. The van der Waals surface area contributed by atoms with Gasteiger partial charge < -0.3 is 4.74 Å². The minimum absolute atomic E-state index is 0.0111. The van der Waals surface area contributed by atoms with Crippen LogP contribution >= 0.6 is 0 Å². The summed E-state index contributed by atoms with van der Waals surface area (Å²) in [5.41, 5.74) is 2.91. The molecule has 1 fully saturated rings. The first kappa shape index (κ1) is 13.1. The van der Waals surface area contributed by atoms with Gasteiger partial charge in [-0.3, -0.25) is 4.68 Å². The van der Waals surface area contributed by atoms with E-state index in [1.165, 1.54) is 0 Å². The molecule has 0 aromatic carbocycles. The van der Waals surface area contributed by atoms with Gasteiger partial charge in [0.15, 0.2) is 5.65 Å². The smallest absolute Gasteiger partial charge is 0.339 e. The molecule has 0 aliphatic heterocycles. The topological polar surface area (TPSA) is 57.0 Å². The SMILES string of the molecule is Cc1cc(C(=O)O[C@H](C)C2CC2)c2c(C)nn(C)c2n1. The Hall–Kier alpha value is -1.91. The quantitative estimate of drug-likeness (QED) is 0.806. The second-order valence-electron chi connectivity index (χ2n) is 5.67. The minimum Gasteiger partial charge on any atom is -0.459 e. The fourth-order valence-electron chi connectivity index (χ4n) is 2.63. The van der Waals surface area contributed by atoms with Gasteiger partial charge in [-0.25, -0.2) is 9.78 Å². The molecule has 5 nitrogen and oxygen atoms in total. The molecular weight excluding hydrogens is 254 g/mol. The summed E-state index contributed by atoms with van der Waals surface area (Å²) >= 11 is 0. The molecule has 1 atom stereocenters. The van der Waals surface area contributed by atoms with Crippen LogP contribution in [-0.4, -0.2) is 26.8 Å². The Morgan fingerprint density at radius 1 is 1.45 bits per heavy atom. The zero-order valence-electron chi connectivity index (χ0n) is 12.3. The average Bonchev–Trinajstić information content (AvgIpc) is 3.17. The molecule has 1 aliphatic rings. The van der Waals surface area contributed by atoms with Gasteiger partial charge in [-0.2, -0.15) is 5.10 Å². The molecule has 3 rings (SSSR count). The highest BCUT2D eigenvalue weighted by molar-refractivity contribution is 6.03. The molecule has 1 saturated carbocycles. The molecule has 0 bridgehead atoms. The summed E-state index contributed by atoms with van der Waals surface area (Å²) < 4.78 is 7.29. The van der Waals surface area contributed by atoms with Crippen molar-refractivity contribution in [3.63, 3.8) is 0 Å². The number of hydrogen-bond acceptors (Lipinski definition) is 4. The summed E-state index contributed by atoms with van der Waals surface area (Å²) in [5.74, 6) is 0.267. The lowest BCUT2D eigenvalue weighted by atomic mass is 10.1. The highest BCUT2D eigenvalue weighted by atomic mass is 16.5. The van der Waals surface area contributed by atoms with Gasteiger partial charge in [-0.15, -0.1) is 0 Å². The largest absolute Gasteiger partial charge is 0.459 e. The number of aryl methyl sites for hydroxylation is 3. The lowest BCUT2D eigenvalue weighted by Gasteiger charge is -2.13. The van der Waals surface area contributed by atoms with E-state index in [0.29, 0.717) is 11.5 Å². The number of carbonyl (C=O) groups excluding carboxylic acids is 1. The Bertz CT molecular complexity index is 686. The number of hydrogen-bond donors (Lipinski definition) is 0. The van der Waals surface area contributed by atoms with E-state index >= 15 is 0 Å². The van der Waals surface area contributed by atoms with Crippen LogP contribution in [0.5, 0.6) is 0 Å². The second-order valence-corrected chi connectivity index (χ2v) is 5.67. The molecule has 2 heterocycles. The number of esters is 1. The average molecular weight is 273 g/mol. The highest BCUT2D eigenvalue weighted by Crippen LogP contribution is 2.34. The number of ether oxygens (including phenoxy) is 1. The van der Waals surface area contributed by atoms with Crippen molar-refractivity contribution in [2.24, 2.45) is 13.0 Å². The number of carbonyl (C=O) groups is 1. The Balaban J connectivity index is 2.03. The predicted octanol–water partition coefficient (Wildman–Crippen LogP) is 2.54. The zero-order valence-corrected chi connectivity index (χ0v) is 12.3. The third kappa shape index (κ3) is 2.17. The first-order chi connectivity index (χ1) is 9.47. The Morgan fingerprint density at radius 2 is 2.15 bits per heavy atom. The maximum atomic E-state index is 12.4. The normalized spacial score (nSPS) is 16.4. The predicted molar refractivity (Wildman–Crippen MR) is 75.6 cm³/mol. The van der Waals surface area contributed by atoms with Gasteiger partial charge >= 0.3 is 5.97 Å². The summed E-state index contributed by atoms with van der Waals surface area (Å²) in [6, 6.07) is 1.79. The van der Waals surface area contributed by atoms with Crippen molar-refractivity contribution >= 4 is 17.0 Å². The van der Waals surface area contributed by atoms with E-state index in [4.69, 9.17) is 4.74 Å². The van der Waals surface area contributed by atoms with Gasteiger partial charge in [-0.1, -0.05) is 0 Å². The van der Waals surface area contributed by atoms with Crippen molar-refractivity contribution in [2.75, 3.05) is 0 Å². The first-order valence-corrected chi connectivity index (χ1v) is 6.99. The number of aromatic nitrogens is 3. The zero-order chi connectivity index (χ0) is 14.4. The van der Waals surface area contributed by atoms with Crippen molar-refractivity contribution in [3.8, 4) is 0 Å². The molecule has 5 heteroatoms. The van der Waals surface area contributed by atoms with Gasteiger partial charge in [0.1, 0.15) is 6.10 Å². The molecule has 2 aromatic heterocycles. The second kappa shape index (κ2) is 4.58. The van der Waals surface area contributed by atoms with Crippen molar-refractivity contribution in [2.45, 2.75) is 39.7 Å². The Morgan fingerprint density at radius 3 is 2.80 bits per heavy atom. The van der Waals surface area contributed by atoms with Crippen LogP contribution in [0.15, 0.2) is 6.07 Å². The van der Waals surface area contributed by atoms with Crippen LogP contribution in [0.3, 0.4) is 0 Å².